The van der Waals surface area contributed by atoms with E-state index in [4.69, 9.17) is 0 Å². The van der Waals surface area contributed by atoms with Crippen LogP contribution in [0.4, 0.5) is 0 Å². The Labute approximate surface area is 406 Å². The van der Waals surface area contributed by atoms with E-state index in [0.29, 0.717) is 11.8 Å². The van der Waals surface area contributed by atoms with Gasteiger partial charge in [0.15, 0.2) is 0 Å². The second-order valence-corrected chi connectivity index (χ2v) is 22.5. The van der Waals surface area contributed by atoms with Gasteiger partial charge in [0.05, 0.1) is 35.2 Å². The smallest absolute Gasteiger partial charge is 0.0827 e. The third-order valence-electron chi connectivity index (χ3n) is 11.4. The fourth-order valence-electron chi connectivity index (χ4n) is 7.33. The Balaban J connectivity index is 0.000000440. The van der Waals surface area contributed by atoms with E-state index in [1.54, 1.807) is 0 Å². The highest BCUT2D eigenvalue weighted by Crippen LogP contribution is 2.14. The van der Waals surface area contributed by atoms with Gasteiger partial charge in [-0.25, -0.2) is 9.36 Å². The van der Waals surface area contributed by atoms with E-state index in [9.17, 15) is 0 Å². The number of hydrogen-bond acceptors (Lipinski definition) is 8. The monoisotopic (exact) mass is 921 g/mol. The number of unbranched alkanes of at least 4 members (excludes halogenated alkanes) is 4. The Kier molecular flexibility index (Phi) is 33.6. The molecule has 4 aromatic heterocycles. The van der Waals surface area contributed by atoms with E-state index < -0.39 is 0 Å². The molecule has 380 valence electrons. The Morgan fingerprint density at radius 1 is 0.348 bits per heavy atom. The molecule has 4 aromatic rings. The first-order valence-electron chi connectivity index (χ1n) is 26.9. The third-order valence-corrected chi connectivity index (χ3v) is 11.4. The number of aromatic nitrogens is 12. The second-order valence-electron chi connectivity index (χ2n) is 22.5. The predicted octanol–water partition coefficient (Wildman–Crippen LogP) is 14.0. The zero-order chi connectivity index (χ0) is 49.3. The highest BCUT2D eigenvalue weighted by atomic mass is 15.4. The molecule has 0 atom stereocenters. The number of hydrogen-bond donors (Lipinski definition) is 0. The predicted molar refractivity (Wildman–Crippen MR) is 278 cm³/mol. The van der Waals surface area contributed by atoms with Crippen molar-refractivity contribution in [2.75, 3.05) is 0 Å². The van der Waals surface area contributed by atoms with Gasteiger partial charge < -0.3 is 0 Å². The molecule has 0 amide bonds. The maximum absolute atomic E-state index is 4.21. The standard InChI is InChI=1S/2C14H27N3.2C13H25N3/c1-12(2)7-5-6-10-17-11-14(15-16-17)9-8-13(3)4;1-12(2)7-5-6-8-14-11-15-16-17(14)10-9-13(3)4;1-11(2)7-5-6-8-13-9-14-15-16(13)10-12(3)4;1-11(2)7-5-6-8-13-10-16(15-14-13)9-12(3)4/h2*11-13H,5-10H2,1-4H3;9,11-12H,5-8,10H2,1-4H3;10-12H,5-9H2,1-4H3. The SMILES string of the molecule is CC(C)CCCCc1cn(CC(C)C)nn1.CC(C)CCCCc1cnnn1CC(C)C.CC(C)CCCCc1cnnn1CCC(C)C.CC(C)CCCCn1cc(CCC(C)C)nn1. The largest absolute Gasteiger partial charge is 0.252 e. The summed E-state index contributed by atoms with van der Waals surface area (Å²) in [5.41, 5.74) is 4.87. The first kappa shape index (κ1) is 60.6. The molecule has 66 heavy (non-hydrogen) atoms. The summed E-state index contributed by atoms with van der Waals surface area (Å²) in [6, 6.07) is 0. The van der Waals surface area contributed by atoms with Crippen LogP contribution >= 0.6 is 0 Å². The van der Waals surface area contributed by atoms with E-state index in [1.807, 2.05) is 21.8 Å². The zero-order valence-corrected chi connectivity index (χ0v) is 45.9. The minimum Gasteiger partial charge on any atom is -0.252 e. The topological polar surface area (TPSA) is 123 Å². The highest BCUT2D eigenvalue weighted by Gasteiger charge is 2.08. The average Bonchev–Trinajstić information content (AvgIpc) is 4.06. The van der Waals surface area contributed by atoms with Gasteiger partial charge in [0.25, 0.3) is 0 Å². The van der Waals surface area contributed by atoms with Crippen molar-refractivity contribution in [2.24, 2.45) is 47.3 Å². The van der Waals surface area contributed by atoms with Crippen molar-refractivity contribution >= 4 is 0 Å². The molecule has 0 radical (unpaired) electrons. The maximum atomic E-state index is 4.21. The van der Waals surface area contributed by atoms with Crippen molar-refractivity contribution in [1.29, 1.82) is 0 Å². The van der Waals surface area contributed by atoms with Crippen LogP contribution in [0.3, 0.4) is 0 Å². The van der Waals surface area contributed by atoms with Gasteiger partial charge in [0.2, 0.25) is 0 Å². The summed E-state index contributed by atoms with van der Waals surface area (Å²) in [4.78, 5) is 0. The Morgan fingerprint density at radius 3 is 1.24 bits per heavy atom. The first-order valence-corrected chi connectivity index (χ1v) is 26.9. The van der Waals surface area contributed by atoms with E-state index in [0.717, 1.165) is 98.8 Å². The summed E-state index contributed by atoms with van der Waals surface area (Å²) in [7, 11) is 0. The third kappa shape index (κ3) is 33.1. The summed E-state index contributed by atoms with van der Waals surface area (Å²) < 4.78 is 8.09. The second kappa shape index (κ2) is 36.6. The van der Waals surface area contributed by atoms with Crippen molar-refractivity contribution in [3.63, 3.8) is 0 Å². The molecule has 4 rings (SSSR count). The van der Waals surface area contributed by atoms with Crippen LogP contribution in [0, 0.1) is 47.3 Å². The summed E-state index contributed by atoms with van der Waals surface area (Å²) in [5, 5.41) is 33.1. The quantitative estimate of drug-likeness (QED) is 0.0474. The normalized spacial score (nSPS) is 11.6. The van der Waals surface area contributed by atoms with Gasteiger partial charge in [-0.3, -0.25) is 9.36 Å². The lowest BCUT2D eigenvalue weighted by Crippen LogP contribution is -2.10. The molecule has 0 saturated carbocycles. The summed E-state index contributed by atoms with van der Waals surface area (Å²) in [6.07, 6.45) is 30.3. The fraction of sp³-hybridized carbons (Fsp3) is 0.852. The average molecular weight is 922 g/mol. The summed E-state index contributed by atoms with van der Waals surface area (Å²) >= 11 is 0. The van der Waals surface area contributed by atoms with Crippen LogP contribution in [0.25, 0.3) is 0 Å². The molecule has 4 heterocycles. The Morgan fingerprint density at radius 2 is 0.758 bits per heavy atom. The molecule has 0 N–H and O–H groups in total. The minimum absolute atomic E-state index is 0.635. The molecular formula is C54H104N12. The maximum Gasteiger partial charge on any atom is 0.0827 e. The van der Waals surface area contributed by atoms with Gasteiger partial charge in [-0.2, -0.15) is 0 Å². The lowest BCUT2D eigenvalue weighted by molar-refractivity contribution is 0.452. The van der Waals surface area contributed by atoms with Crippen LogP contribution in [0.2, 0.25) is 0 Å². The molecule has 12 nitrogen and oxygen atoms in total. The number of nitrogens with zero attached hydrogens (tertiary/aromatic N) is 12. The van der Waals surface area contributed by atoms with Crippen LogP contribution in [0.1, 0.15) is 223 Å². The van der Waals surface area contributed by atoms with E-state index >= 15 is 0 Å². The highest BCUT2D eigenvalue weighted by molar-refractivity contribution is 4.95. The van der Waals surface area contributed by atoms with Crippen molar-refractivity contribution < 1.29 is 0 Å². The van der Waals surface area contributed by atoms with E-state index in [2.05, 4.69) is 174 Å². The lowest BCUT2D eigenvalue weighted by Gasteiger charge is -2.08. The number of rotatable bonds is 30. The van der Waals surface area contributed by atoms with Crippen molar-refractivity contribution in [3.05, 3.63) is 47.6 Å². The molecule has 0 aliphatic rings. The Bertz CT molecular complexity index is 1670. The van der Waals surface area contributed by atoms with Gasteiger partial charge in [-0.15, -0.1) is 20.4 Å². The molecule has 0 spiro atoms. The van der Waals surface area contributed by atoms with Gasteiger partial charge in [-0.1, -0.05) is 183 Å². The summed E-state index contributed by atoms with van der Waals surface area (Å²) in [5.74, 6) is 6.01. The van der Waals surface area contributed by atoms with Crippen LogP contribution in [0.15, 0.2) is 24.8 Å². The molecule has 0 fully saturated rings. The van der Waals surface area contributed by atoms with E-state index in [-0.39, 0.29) is 0 Å². The first-order chi connectivity index (χ1) is 31.3. The van der Waals surface area contributed by atoms with E-state index in [1.165, 1.54) is 101 Å². The van der Waals surface area contributed by atoms with Crippen molar-refractivity contribution in [1.82, 2.24) is 60.0 Å². The van der Waals surface area contributed by atoms with Crippen LogP contribution < -0.4 is 0 Å². The molecule has 0 unspecified atom stereocenters. The summed E-state index contributed by atoms with van der Waals surface area (Å²) in [6.45, 7) is 40.0. The molecule has 0 aliphatic heterocycles. The zero-order valence-electron chi connectivity index (χ0n) is 45.9. The molecule has 0 aromatic carbocycles. The van der Waals surface area contributed by atoms with Gasteiger partial charge in [-0.05, 0) is 112 Å². The molecule has 0 saturated heterocycles. The number of aryl methyl sites for hydroxylation is 6. The molecule has 0 aliphatic carbocycles. The Hall–Kier alpha value is -3.44. The van der Waals surface area contributed by atoms with Crippen LogP contribution in [-0.2, 0) is 51.9 Å². The molecular weight excluding hydrogens is 817 g/mol. The van der Waals surface area contributed by atoms with Crippen LogP contribution in [0.5, 0.6) is 0 Å². The lowest BCUT2D eigenvalue weighted by atomic mass is 10.0. The van der Waals surface area contributed by atoms with Crippen molar-refractivity contribution in [3.8, 4) is 0 Å². The van der Waals surface area contributed by atoms with Crippen molar-refractivity contribution in [2.45, 2.75) is 253 Å². The van der Waals surface area contributed by atoms with Crippen LogP contribution in [-0.4, -0.2) is 60.0 Å². The van der Waals surface area contributed by atoms with Gasteiger partial charge in [0, 0.05) is 38.6 Å². The minimum atomic E-state index is 0.635. The van der Waals surface area contributed by atoms with Gasteiger partial charge >= 0.3 is 0 Å². The van der Waals surface area contributed by atoms with Gasteiger partial charge in [0.1, 0.15) is 0 Å². The molecule has 12 heteroatoms. The fourth-order valence-corrected chi connectivity index (χ4v) is 7.33. The molecule has 0 bridgehead atoms.